The van der Waals surface area contributed by atoms with Gasteiger partial charge < -0.3 is 4.74 Å². The molecule has 4 heteroatoms. The molecule has 0 spiro atoms. The third-order valence-corrected chi connectivity index (χ3v) is 4.37. The number of hydrogen-bond donors (Lipinski definition) is 0. The molecule has 1 rings (SSSR count). The zero-order valence-electron chi connectivity index (χ0n) is 6.54. The van der Waals surface area contributed by atoms with Crippen LogP contribution < -0.4 is 0 Å². The first-order valence-corrected chi connectivity index (χ1v) is 6.23. The van der Waals surface area contributed by atoms with Gasteiger partial charge in [-0.15, -0.1) is 0 Å². The summed E-state index contributed by atoms with van der Waals surface area (Å²) in [7, 11) is 0. The molecular formula is C7H12OS3. The Labute approximate surface area is 81.6 Å². The Kier molecular flexibility index (Phi) is 4.64. The molecule has 1 saturated heterocycles. The van der Waals surface area contributed by atoms with Crippen molar-refractivity contribution in [1.82, 2.24) is 0 Å². The van der Waals surface area contributed by atoms with E-state index in [4.69, 9.17) is 17.0 Å². The van der Waals surface area contributed by atoms with Crippen molar-refractivity contribution in [3.63, 3.8) is 0 Å². The molecule has 64 valence electrons. The average molecular weight is 208 g/mol. The SMILES string of the molecule is CC(=S)OCCSC1CSC1. The minimum absolute atomic E-state index is 0.661. The lowest BCUT2D eigenvalue weighted by Crippen LogP contribution is -2.21. The van der Waals surface area contributed by atoms with Gasteiger partial charge in [-0.05, 0) is 12.2 Å². The van der Waals surface area contributed by atoms with Gasteiger partial charge in [0, 0.05) is 29.4 Å². The van der Waals surface area contributed by atoms with Gasteiger partial charge >= 0.3 is 0 Å². The van der Waals surface area contributed by atoms with Crippen molar-refractivity contribution in [1.29, 1.82) is 0 Å². The van der Waals surface area contributed by atoms with E-state index in [2.05, 4.69) is 0 Å². The van der Waals surface area contributed by atoms with E-state index in [1.54, 1.807) is 0 Å². The summed E-state index contributed by atoms with van der Waals surface area (Å²) in [6.07, 6.45) is 0. The summed E-state index contributed by atoms with van der Waals surface area (Å²) in [6, 6.07) is 0. The summed E-state index contributed by atoms with van der Waals surface area (Å²) in [5, 5.41) is 1.54. The predicted molar refractivity (Wildman–Crippen MR) is 57.8 cm³/mol. The van der Waals surface area contributed by atoms with E-state index in [1.807, 2.05) is 30.4 Å². The van der Waals surface area contributed by atoms with Crippen LogP contribution in [0.4, 0.5) is 0 Å². The molecule has 0 saturated carbocycles. The highest BCUT2D eigenvalue weighted by Gasteiger charge is 2.17. The Morgan fingerprint density at radius 2 is 2.45 bits per heavy atom. The van der Waals surface area contributed by atoms with Gasteiger partial charge in [0.1, 0.15) is 0 Å². The fraction of sp³-hybridized carbons (Fsp3) is 0.857. The number of thioether (sulfide) groups is 2. The van der Waals surface area contributed by atoms with Crippen molar-refractivity contribution in [2.24, 2.45) is 0 Å². The number of thiocarbonyl (C=S) groups is 1. The predicted octanol–water partition coefficient (Wildman–Crippen LogP) is 2.20. The lowest BCUT2D eigenvalue weighted by Gasteiger charge is -2.23. The molecule has 0 bridgehead atoms. The molecule has 1 fully saturated rings. The molecule has 11 heavy (non-hydrogen) atoms. The molecule has 0 unspecified atom stereocenters. The molecule has 0 radical (unpaired) electrons. The highest BCUT2D eigenvalue weighted by atomic mass is 32.2. The molecule has 0 aromatic heterocycles. The summed E-state index contributed by atoms with van der Waals surface area (Å²) < 4.78 is 5.16. The van der Waals surface area contributed by atoms with Crippen molar-refractivity contribution in [2.45, 2.75) is 12.2 Å². The lowest BCUT2D eigenvalue weighted by atomic mass is 10.5. The fourth-order valence-electron chi connectivity index (χ4n) is 0.710. The van der Waals surface area contributed by atoms with Crippen LogP contribution in [0.15, 0.2) is 0 Å². The van der Waals surface area contributed by atoms with Crippen LogP contribution in [-0.2, 0) is 4.74 Å². The fourth-order valence-corrected chi connectivity index (χ4v) is 3.08. The zero-order chi connectivity index (χ0) is 8.10. The first kappa shape index (κ1) is 9.68. The van der Waals surface area contributed by atoms with Crippen LogP contribution in [0.25, 0.3) is 0 Å². The Hall–Kier alpha value is 0.590. The maximum absolute atomic E-state index is 5.16. The van der Waals surface area contributed by atoms with Crippen molar-refractivity contribution in [2.75, 3.05) is 23.9 Å². The monoisotopic (exact) mass is 208 g/mol. The molecule has 0 N–H and O–H groups in total. The minimum atomic E-state index is 0.661. The molecule has 0 amide bonds. The van der Waals surface area contributed by atoms with Gasteiger partial charge in [0.25, 0.3) is 0 Å². The van der Waals surface area contributed by atoms with Crippen LogP contribution in [-0.4, -0.2) is 34.2 Å². The second-order valence-corrected chi connectivity index (χ2v) is 5.43. The summed E-state index contributed by atoms with van der Waals surface area (Å²) in [6.45, 7) is 2.60. The summed E-state index contributed by atoms with van der Waals surface area (Å²) in [4.78, 5) is 0. The second-order valence-electron chi connectivity index (χ2n) is 2.37. The van der Waals surface area contributed by atoms with E-state index in [0.717, 1.165) is 17.6 Å². The van der Waals surface area contributed by atoms with Gasteiger partial charge in [-0.1, -0.05) is 0 Å². The van der Waals surface area contributed by atoms with Crippen LogP contribution in [0.5, 0.6) is 0 Å². The van der Waals surface area contributed by atoms with E-state index in [-0.39, 0.29) is 0 Å². The summed E-state index contributed by atoms with van der Waals surface area (Å²) in [5.41, 5.74) is 0. The van der Waals surface area contributed by atoms with Crippen LogP contribution in [0, 0.1) is 0 Å². The van der Waals surface area contributed by atoms with Gasteiger partial charge in [-0.3, -0.25) is 0 Å². The topological polar surface area (TPSA) is 9.23 Å². The highest BCUT2D eigenvalue weighted by molar-refractivity contribution is 8.07. The minimum Gasteiger partial charge on any atom is -0.487 e. The molecule has 1 heterocycles. The lowest BCUT2D eigenvalue weighted by molar-refractivity contribution is 0.337. The Morgan fingerprint density at radius 1 is 1.73 bits per heavy atom. The first-order chi connectivity index (χ1) is 5.29. The van der Waals surface area contributed by atoms with Gasteiger partial charge in [0.2, 0.25) is 0 Å². The van der Waals surface area contributed by atoms with Crippen molar-refractivity contribution >= 4 is 40.8 Å². The molecule has 0 aromatic rings. The van der Waals surface area contributed by atoms with Gasteiger partial charge in [0.15, 0.2) is 5.05 Å². The van der Waals surface area contributed by atoms with Crippen LogP contribution >= 0.6 is 35.7 Å². The molecular weight excluding hydrogens is 196 g/mol. The molecule has 0 aromatic carbocycles. The Balaban J connectivity index is 1.83. The number of hydrogen-bond acceptors (Lipinski definition) is 4. The Morgan fingerprint density at radius 3 is 2.91 bits per heavy atom. The van der Waals surface area contributed by atoms with E-state index in [1.165, 1.54) is 11.5 Å². The maximum Gasteiger partial charge on any atom is 0.156 e. The molecule has 1 aliphatic heterocycles. The molecule has 1 nitrogen and oxygen atoms in total. The van der Waals surface area contributed by atoms with Crippen LogP contribution in [0.1, 0.15) is 6.92 Å². The highest BCUT2D eigenvalue weighted by Crippen LogP contribution is 2.28. The third kappa shape index (κ3) is 4.23. The van der Waals surface area contributed by atoms with Gasteiger partial charge in [0.05, 0.1) is 6.61 Å². The number of rotatable bonds is 4. The molecule has 1 aliphatic rings. The van der Waals surface area contributed by atoms with Crippen molar-refractivity contribution < 1.29 is 4.74 Å². The summed E-state index contributed by atoms with van der Waals surface area (Å²) >= 11 is 8.80. The molecule has 0 atom stereocenters. The normalized spacial score (nSPS) is 17.5. The zero-order valence-corrected chi connectivity index (χ0v) is 8.99. The van der Waals surface area contributed by atoms with E-state index >= 15 is 0 Å². The van der Waals surface area contributed by atoms with Crippen LogP contribution in [0.2, 0.25) is 0 Å². The smallest absolute Gasteiger partial charge is 0.156 e. The van der Waals surface area contributed by atoms with Crippen molar-refractivity contribution in [3.8, 4) is 0 Å². The third-order valence-electron chi connectivity index (χ3n) is 1.35. The van der Waals surface area contributed by atoms with Crippen LogP contribution in [0.3, 0.4) is 0 Å². The van der Waals surface area contributed by atoms with E-state index in [0.29, 0.717) is 5.05 Å². The maximum atomic E-state index is 5.16. The quantitative estimate of drug-likeness (QED) is 0.517. The van der Waals surface area contributed by atoms with E-state index in [9.17, 15) is 0 Å². The van der Waals surface area contributed by atoms with Crippen molar-refractivity contribution in [3.05, 3.63) is 0 Å². The largest absolute Gasteiger partial charge is 0.487 e. The standard InChI is InChI=1S/C7H12OS3/c1-6(9)8-2-3-11-7-4-10-5-7/h7H,2-5H2,1H3. The molecule has 0 aliphatic carbocycles. The first-order valence-electron chi connectivity index (χ1n) is 3.62. The van der Waals surface area contributed by atoms with Gasteiger partial charge in [-0.25, -0.2) is 0 Å². The Bertz CT molecular complexity index is 134. The second kappa shape index (κ2) is 5.27. The average Bonchev–Trinajstić information content (AvgIpc) is 1.82. The van der Waals surface area contributed by atoms with Gasteiger partial charge in [-0.2, -0.15) is 23.5 Å². The summed E-state index contributed by atoms with van der Waals surface area (Å²) in [5.74, 6) is 3.72. The number of ether oxygens (including phenoxy) is 1. The van der Waals surface area contributed by atoms with E-state index < -0.39 is 0 Å².